The number of benzene rings is 3. The van der Waals surface area contributed by atoms with Gasteiger partial charge >= 0.3 is 0 Å². The van der Waals surface area contributed by atoms with Crippen LogP contribution in [-0.4, -0.2) is 160 Å². The number of carbonyl (C=O) groups excluding carboxylic acids is 3. The number of anilines is 6. The molecule has 4 heterocycles. The van der Waals surface area contributed by atoms with Crippen molar-refractivity contribution in [3.05, 3.63) is 94.7 Å². The highest BCUT2D eigenvalue weighted by molar-refractivity contribution is 7.92. The largest absolute Gasteiger partial charge is 0.494 e. The number of thiazole rings is 1. The molecule has 7 rings (SSSR count). The first kappa shape index (κ1) is 55.6. The van der Waals surface area contributed by atoms with Gasteiger partial charge in [-0.1, -0.05) is 68.8 Å². The Bertz CT molecular complexity index is 2840. The molecular formula is C51H66ClN11O9S2. The molecule has 3 atom stereocenters. The van der Waals surface area contributed by atoms with Gasteiger partial charge in [0.15, 0.2) is 5.82 Å². The number of ether oxygens (including phenoxy) is 3. The van der Waals surface area contributed by atoms with Crippen LogP contribution in [0.2, 0.25) is 5.02 Å². The molecule has 74 heavy (non-hydrogen) atoms. The highest BCUT2D eigenvalue weighted by Crippen LogP contribution is 2.35. The third-order valence-corrected chi connectivity index (χ3v) is 15.2. The Morgan fingerprint density at radius 1 is 0.959 bits per heavy atom. The fraction of sp³-hybridized carbons (Fsp3) is 0.451. The van der Waals surface area contributed by atoms with E-state index < -0.39 is 45.4 Å². The van der Waals surface area contributed by atoms with Crippen LogP contribution in [-0.2, 0) is 40.4 Å². The van der Waals surface area contributed by atoms with Crippen molar-refractivity contribution in [1.82, 2.24) is 35.4 Å². The number of likely N-dealkylation sites (tertiary alicyclic amines) is 1. The maximum absolute atomic E-state index is 14.0. The molecule has 23 heteroatoms. The molecule has 20 nitrogen and oxygen atoms in total. The van der Waals surface area contributed by atoms with Gasteiger partial charge in [0.1, 0.15) is 29.5 Å². The number of halogens is 1. The van der Waals surface area contributed by atoms with Crippen molar-refractivity contribution < 1.29 is 42.1 Å². The van der Waals surface area contributed by atoms with Gasteiger partial charge < -0.3 is 50.4 Å². The highest BCUT2D eigenvalue weighted by atomic mass is 35.5. The average Bonchev–Trinajstić information content (AvgIpc) is 4.00. The molecule has 1 unspecified atom stereocenters. The highest BCUT2D eigenvalue weighted by Gasteiger charge is 2.44. The predicted octanol–water partition coefficient (Wildman–Crippen LogP) is 5.42. The number of nitrogens with one attached hydrogen (secondary N) is 4. The molecule has 5 N–H and O–H groups in total. The van der Waals surface area contributed by atoms with Gasteiger partial charge in [0, 0.05) is 71.0 Å². The van der Waals surface area contributed by atoms with Crippen LogP contribution in [0.5, 0.6) is 5.75 Å². The fourth-order valence-corrected chi connectivity index (χ4v) is 10.0. The molecule has 2 aliphatic heterocycles. The summed E-state index contributed by atoms with van der Waals surface area (Å²) in [7, 11) is -0.460. The van der Waals surface area contributed by atoms with E-state index in [0.717, 1.165) is 66.4 Å². The second kappa shape index (κ2) is 24.9. The molecule has 0 radical (unpaired) electrons. The number of nitrogens with zero attached hydrogens (tertiary/aromatic N) is 7. The number of piperazine rings is 1. The zero-order valence-corrected chi connectivity index (χ0v) is 45.1. The van der Waals surface area contributed by atoms with Crippen LogP contribution in [0.4, 0.5) is 34.5 Å². The number of amides is 3. The molecule has 0 bridgehead atoms. The van der Waals surface area contributed by atoms with Crippen LogP contribution in [0.25, 0.3) is 10.4 Å². The van der Waals surface area contributed by atoms with Crippen molar-refractivity contribution in [2.45, 2.75) is 58.8 Å². The molecule has 5 aromatic rings. The van der Waals surface area contributed by atoms with Crippen LogP contribution in [0.1, 0.15) is 38.4 Å². The van der Waals surface area contributed by atoms with Crippen molar-refractivity contribution in [1.29, 1.82) is 0 Å². The Hall–Kier alpha value is -6.14. The molecule has 0 aliphatic carbocycles. The Morgan fingerprint density at radius 3 is 2.38 bits per heavy atom. The predicted molar refractivity (Wildman–Crippen MR) is 288 cm³/mol. The van der Waals surface area contributed by atoms with E-state index in [2.05, 4.69) is 46.0 Å². The zero-order chi connectivity index (χ0) is 53.2. The minimum atomic E-state index is -3.52. The van der Waals surface area contributed by atoms with Gasteiger partial charge in [-0.2, -0.15) is 4.98 Å². The molecule has 2 aliphatic rings. The number of aliphatic hydroxyl groups excluding tert-OH is 1. The number of para-hydroxylation sites is 2. The number of rotatable bonds is 22. The minimum Gasteiger partial charge on any atom is -0.494 e. The number of aryl methyl sites for hydroxylation is 1. The zero-order valence-electron chi connectivity index (χ0n) is 42.8. The summed E-state index contributed by atoms with van der Waals surface area (Å²) in [4.78, 5) is 60.9. The van der Waals surface area contributed by atoms with Gasteiger partial charge in [-0.15, -0.1) is 11.3 Å². The number of hydrogen-bond acceptors (Lipinski definition) is 17. The van der Waals surface area contributed by atoms with E-state index >= 15 is 0 Å². The van der Waals surface area contributed by atoms with Crippen molar-refractivity contribution in [2.24, 2.45) is 5.41 Å². The summed E-state index contributed by atoms with van der Waals surface area (Å²) in [6, 6.07) is 18.8. The lowest BCUT2D eigenvalue weighted by Gasteiger charge is -2.36. The SMILES string of the molecule is COc1cc(N2CCN(CCOCCOCC(=O)NC(C(=O)N3C[C@H](O)C[C@@H]3C(=O)NCc3ccc(-c4scnc4C)cc3)C(C)(C)C)CC2)ccc1Nc1ncc(Cl)c(Nc2ccccc2N(C)S(C)(=O)=O)n1. The van der Waals surface area contributed by atoms with Crippen molar-refractivity contribution in [3.8, 4) is 16.2 Å². The summed E-state index contributed by atoms with van der Waals surface area (Å²) in [5.74, 6) is -0.176. The number of aromatic nitrogens is 3. The lowest BCUT2D eigenvalue weighted by atomic mass is 9.85. The first-order valence-electron chi connectivity index (χ1n) is 24.2. The van der Waals surface area contributed by atoms with Crippen LogP contribution in [0.15, 0.2) is 78.4 Å². The van der Waals surface area contributed by atoms with Gasteiger partial charge in [-0.05, 0) is 47.7 Å². The van der Waals surface area contributed by atoms with Crippen molar-refractivity contribution >= 4 is 85.2 Å². The van der Waals surface area contributed by atoms with Crippen molar-refractivity contribution in [3.63, 3.8) is 0 Å². The maximum atomic E-state index is 14.0. The smallest absolute Gasteiger partial charge is 0.246 e. The number of carbonyl (C=O) groups is 3. The maximum Gasteiger partial charge on any atom is 0.246 e. The third kappa shape index (κ3) is 14.6. The third-order valence-electron chi connectivity index (χ3n) is 12.8. The minimum absolute atomic E-state index is 0.0205. The van der Waals surface area contributed by atoms with Gasteiger partial charge in [0.2, 0.25) is 33.7 Å². The molecule has 0 spiro atoms. The van der Waals surface area contributed by atoms with E-state index in [1.165, 1.54) is 22.4 Å². The summed E-state index contributed by atoms with van der Waals surface area (Å²) < 4.78 is 43.0. The van der Waals surface area contributed by atoms with E-state index in [0.29, 0.717) is 29.4 Å². The Balaban J connectivity index is 0.807. The first-order chi connectivity index (χ1) is 35.3. The normalized spacial score (nSPS) is 16.7. The van der Waals surface area contributed by atoms with Gasteiger partial charge in [0.25, 0.3) is 0 Å². The fourth-order valence-electron chi connectivity index (χ4n) is 8.57. The van der Waals surface area contributed by atoms with Crippen LogP contribution >= 0.6 is 22.9 Å². The molecule has 3 aromatic carbocycles. The Morgan fingerprint density at radius 2 is 1.69 bits per heavy atom. The molecule has 398 valence electrons. The van der Waals surface area contributed by atoms with Gasteiger partial charge in [-0.3, -0.25) is 23.6 Å². The molecule has 2 fully saturated rings. The quantitative estimate of drug-likeness (QED) is 0.0545. The number of methoxy groups -OCH3 is 1. The summed E-state index contributed by atoms with van der Waals surface area (Å²) in [6.45, 7) is 12.3. The summed E-state index contributed by atoms with van der Waals surface area (Å²) in [6.07, 6.45) is 1.80. The second-order valence-electron chi connectivity index (χ2n) is 19.2. The number of hydrogen-bond donors (Lipinski definition) is 5. The molecule has 0 saturated carbocycles. The summed E-state index contributed by atoms with van der Waals surface area (Å²) in [5.41, 5.74) is 6.55. The van der Waals surface area contributed by atoms with E-state index in [4.69, 9.17) is 25.8 Å². The van der Waals surface area contributed by atoms with Crippen LogP contribution in [0.3, 0.4) is 0 Å². The second-order valence-corrected chi connectivity index (χ2v) is 22.5. The number of sulfonamides is 1. The Kier molecular flexibility index (Phi) is 18.7. The lowest BCUT2D eigenvalue weighted by Crippen LogP contribution is -2.58. The standard InChI is InChI=1S/C51H66ClN11O9S2/c1-33-45(73-32-55-33)35-14-12-34(13-15-35)28-53-48(66)42-27-37(64)30-63(42)49(67)46(51(2,3)4)58-44(65)31-72-25-24-71-23-22-61-18-20-62(21-19-61)36-16-17-40(43(26-36)70-6)57-50-54-29-38(52)47(59-50)56-39-10-8-9-11-41(39)60(5)74(7,68)69/h8-17,26,29,32,37,42,46,64H,18-25,27-28,30-31H2,1-7H3,(H,53,66)(H,58,65)(H2,54,56,57,59)/t37-,42-,46?/m1/s1. The number of β-amino-alcohol motifs (C(OH)–C–C–N with tert-alkyl or cyclic N) is 1. The van der Waals surface area contributed by atoms with E-state index in [1.54, 1.807) is 42.7 Å². The van der Waals surface area contributed by atoms with Crippen LogP contribution in [0, 0.1) is 12.3 Å². The van der Waals surface area contributed by atoms with Crippen LogP contribution < -0.4 is 35.2 Å². The Labute approximate surface area is 441 Å². The molecule has 2 saturated heterocycles. The van der Waals surface area contributed by atoms with E-state index in [-0.39, 0.29) is 62.0 Å². The van der Waals surface area contributed by atoms with E-state index in [9.17, 15) is 27.9 Å². The summed E-state index contributed by atoms with van der Waals surface area (Å²) in [5, 5.41) is 22.9. The van der Waals surface area contributed by atoms with Gasteiger partial charge in [0.05, 0.1) is 78.6 Å². The molecular weight excluding hydrogens is 1010 g/mol. The molecule has 3 amide bonds. The van der Waals surface area contributed by atoms with E-state index in [1.807, 2.05) is 75.7 Å². The lowest BCUT2D eigenvalue weighted by molar-refractivity contribution is -0.144. The first-order valence-corrected chi connectivity index (χ1v) is 27.3. The van der Waals surface area contributed by atoms with Gasteiger partial charge in [-0.25, -0.2) is 18.4 Å². The van der Waals surface area contributed by atoms with Crippen molar-refractivity contribution in [2.75, 3.05) is 106 Å². The average molecular weight is 1080 g/mol. The molecule has 2 aromatic heterocycles. The topological polar surface area (TPSA) is 233 Å². The monoisotopic (exact) mass is 1080 g/mol. The summed E-state index contributed by atoms with van der Waals surface area (Å²) >= 11 is 8.04. The number of aliphatic hydroxyl groups is 1.